The van der Waals surface area contributed by atoms with Gasteiger partial charge in [0.25, 0.3) is 0 Å². The van der Waals surface area contributed by atoms with Gasteiger partial charge in [0.15, 0.2) is 5.65 Å². The molecule has 0 fully saturated rings. The highest BCUT2D eigenvalue weighted by Gasteiger charge is 2.22. The Morgan fingerprint density at radius 3 is 2.89 bits per heavy atom. The minimum Gasteiger partial charge on any atom is -0.385 e. The van der Waals surface area contributed by atoms with E-state index in [-0.39, 0.29) is 5.41 Å². The minimum absolute atomic E-state index is 0.113. The van der Waals surface area contributed by atoms with Gasteiger partial charge in [-0.3, -0.25) is 0 Å². The fourth-order valence-corrected chi connectivity index (χ4v) is 2.36. The first-order valence-electron chi connectivity index (χ1n) is 6.42. The van der Waals surface area contributed by atoms with E-state index in [0.29, 0.717) is 5.88 Å². The van der Waals surface area contributed by atoms with E-state index in [0.717, 1.165) is 36.6 Å². The topological polar surface area (TPSA) is 39.9 Å². The number of hydrogen-bond donors (Lipinski definition) is 0. The molecule has 0 bridgehead atoms. The number of pyridine rings is 1. The van der Waals surface area contributed by atoms with E-state index in [9.17, 15) is 0 Å². The Morgan fingerprint density at radius 2 is 2.21 bits per heavy atom. The molecular weight excluding hydrogens is 262 g/mol. The largest absolute Gasteiger partial charge is 0.385 e. The summed E-state index contributed by atoms with van der Waals surface area (Å²) in [6.45, 7) is 6.03. The van der Waals surface area contributed by atoms with Crippen LogP contribution >= 0.6 is 11.6 Å². The van der Waals surface area contributed by atoms with Gasteiger partial charge in [0.1, 0.15) is 11.3 Å². The Hall–Kier alpha value is -1.13. The van der Waals surface area contributed by atoms with Gasteiger partial charge in [-0.2, -0.15) is 0 Å². The Balaban J connectivity index is 2.33. The van der Waals surface area contributed by atoms with Crippen LogP contribution in [-0.4, -0.2) is 28.3 Å². The van der Waals surface area contributed by atoms with Gasteiger partial charge >= 0.3 is 0 Å². The lowest BCUT2D eigenvalue weighted by Gasteiger charge is -2.25. The molecule has 5 heteroatoms. The molecule has 0 radical (unpaired) electrons. The van der Waals surface area contributed by atoms with E-state index in [1.165, 1.54) is 0 Å². The summed E-state index contributed by atoms with van der Waals surface area (Å²) < 4.78 is 7.30. The number of rotatable bonds is 6. The van der Waals surface area contributed by atoms with Crippen molar-refractivity contribution in [2.75, 3.05) is 13.7 Å². The zero-order valence-corrected chi connectivity index (χ0v) is 12.4. The number of hydrogen-bond acceptors (Lipinski definition) is 3. The average molecular weight is 282 g/mol. The van der Waals surface area contributed by atoms with Gasteiger partial charge < -0.3 is 9.30 Å². The van der Waals surface area contributed by atoms with Crippen molar-refractivity contribution in [3.8, 4) is 0 Å². The van der Waals surface area contributed by atoms with Crippen LogP contribution in [0.2, 0.25) is 0 Å². The predicted octanol–water partition coefficient (Wildman–Crippen LogP) is 3.23. The van der Waals surface area contributed by atoms with Crippen LogP contribution in [-0.2, 0) is 17.2 Å². The second-order valence-electron chi connectivity index (χ2n) is 5.50. The molecule has 0 aliphatic heterocycles. The summed E-state index contributed by atoms with van der Waals surface area (Å²) in [4.78, 5) is 8.96. The van der Waals surface area contributed by atoms with E-state index in [2.05, 4.69) is 28.4 Å². The molecule has 0 atom stereocenters. The van der Waals surface area contributed by atoms with Gasteiger partial charge in [0.2, 0.25) is 0 Å². The lowest BCUT2D eigenvalue weighted by atomic mass is 9.89. The molecule has 19 heavy (non-hydrogen) atoms. The third-order valence-electron chi connectivity index (χ3n) is 3.27. The maximum atomic E-state index is 6.00. The summed E-state index contributed by atoms with van der Waals surface area (Å²) in [5, 5.41) is 0. The van der Waals surface area contributed by atoms with Crippen molar-refractivity contribution < 1.29 is 4.74 Å². The summed E-state index contributed by atoms with van der Waals surface area (Å²) in [6, 6.07) is 3.87. The average Bonchev–Trinajstić information content (AvgIpc) is 2.74. The van der Waals surface area contributed by atoms with Gasteiger partial charge in [-0.05, 0) is 24.0 Å². The summed E-state index contributed by atoms with van der Waals surface area (Å²) in [7, 11) is 1.73. The molecule has 0 spiro atoms. The number of fused-ring (bicyclic) bond motifs is 1. The molecule has 4 nitrogen and oxygen atoms in total. The van der Waals surface area contributed by atoms with Gasteiger partial charge in [0, 0.05) is 26.5 Å². The van der Waals surface area contributed by atoms with Crippen molar-refractivity contribution in [2.24, 2.45) is 5.41 Å². The molecule has 104 valence electrons. The lowest BCUT2D eigenvalue weighted by molar-refractivity contribution is 0.142. The molecule has 2 aromatic rings. The van der Waals surface area contributed by atoms with E-state index < -0.39 is 0 Å². The van der Waals surface area contributed by atoms with E-state index in [1.807, 2.05) is 12.1 Å². The van der Waals surface area contributed by atoms with Gasteiger partial charge in [-0.15, -0.1) is 11.6 Å². The summed E-state index contributed by atoms with van der Waals surface area (Å²) in [5.74, 6) is 1.28. The third kappa shape index (κ3) is 3.25. The number of imidazole rings is 1. The van der Waals surface area contributed by atoms with Crippen LogP contribution in [0.1, 0.15) is 26.1 Å². The monoisotopic (exact) mass is 281 g/mol. The number of alkyl halides is 1. The number of aromatic nitrogens is 3. The normalized spacial score (nSPS) is 12.2. The highest BCUT2D eigenvalue weighted by Crippen LogP contribution is 2.26. The molecule has 0 unspecified atom stereocenters. The summed E-state index contributed by atoms with van der Waals surface area (Å²) in [6.07, 6.45) is 2.78. The Labute approximate surface area is 118 Å². The second kappa shape index (κ2) is 5.88. The number of halogens is 1. The van der Waals surface area contributed by atoms with Crippen molar-refractivity contribution in [2.45, 2.75) is 32.7 Å². The molecule has 0 amide bonds. The first-order valence-corrected chi connectivity index (χ1v) is 6.96. The zero-order chi connectivity index (χ0) is 13.9. The van der Waals surface area contributed by atoms with Gasteiger partial charge in [-0.1, -0.05) is 13.8 Å². The van der Waals surface area contributed by atoms with E-state index in [4.69, 9.17) is 16.3 Å². The Bertz CT molecular complexity index is 551. The quantitative estimate of drug-likeness (QED) is 0.763. The van der Waals surface area contributed by atoms with Crippen molar-refractivity contribution in [3.63, 3.8) is 0 Å². The van der Waals surface area contributed by atoms with Crippen LogP contribution in [0.4, 0.5) is 0 Å². The fourth-order valence-electron chi connectivity index (χ4n) is 2.16. The summed E-state index contributed by atoms with van der Waals surface area (Å²) >= 11 is 6.00. The molecule has 0 aliphatic carbocycles. The highest BCUT2D eigenvalue weighted by molar-refractivity contribution is 6.16. The number of nitrogens with zero attached hydrogens (tertiary/aromatic N) is 3. The van der Waals surface area contributed by atoms with Gasteiger partial charge in [-0.25, -0.2) is 9.97 Å². The smallest absolute Gasteiger partial charge is 0.160 e. The SMILES string of the molecule is COCCC(C)(C)Cn1c(CCl)nc2cccnc21. The van der Waals surface area contributed by atoms with Crippen LogP contribution in [0.3, 0.4) is 0 Å². The third-order valence-corrected chi connectivity index (χ3v) is 3.51. The van der Waals surface area contributed by atoms with Crippen LogP contribution in [0.15, 0.2) is 18.3 Å². The molecule has 0 N–H and O–H groups in total. The molecule has 2 aromatic heterocycles. The zero-order valence-electron chi connectivity index (χ0n) is 11.7. The molecule has 0 saturated carbocycles. The molecule has 0 aliphatic rings. The molecule has 2 heterocycles. The lowest BCUT2D eigenvalue weighted by Crippen LogP contribution is -2.22. The van der Waals surface area contributed by atoms with Crippen molar-refractivity contribution in [3.05, 3.63) is 24.2 Å². The predicted molar refractivity (Wildman–Crippen MR) is 77.4 cm³/mol. The number of ether oxygens (including phenoxy) is 1. The van der Waals surface area contributed by atoms with Gasteiger partial charge in [0.05, 0.1) is 5.88 Å². The first kappa shape index (κ1) is 14.3. The maximum Gasteiger partial charge on any atom is 0.160 e. The summed E-state index contributed by atoms with van der Waals surface area (Å²) in [5.41, 5.74) is 1.92. The van der Waals surface area contributed by atoms with E-state index in [1.54, 1.807) is 13.3 Å². The van der Waals surface area contributed by atoms with Crippen molar-refractivity contribution >= 4 is 22.8 Å². The standard InChI is InChI=1S/C14H20ClN3O/c1-14(2,6-8-19-3)10-18-12(9-15)17-11-5-4-7-16-13(11)18/h4-5,7H,6,8-10H2,1-3H3. The molecule has 0 saturated heterocycles. The van der Waals surface area contributed by atoms with E-state index >= 15 is 0 Å². The second-order valence-corrected chi connectivity index (χ2v) is 5.77. The molecular formula is C14H20ClN3O. The Kier molecular flexibility index (Phi) is 4.42. The van der Waals surface area contributed by atoms with Crippen LogP contribution in [0.25, 0.3) is 11.2 Å². The van der Waals surface area contributed by atoms with Crippen LogP contribution in [0.5, 0.6) is 0 Å². The maximum absolute atomic E-state index is 6.00. The molecule has 0 aromatic carbocycles. The van der Waals surface area contributed by atoms with Crippen molar-refractivity contribution in [1.82, 2.24) is 14.5 Å². The van der Waals surface area contributed by atoms with Crippen molar-refractivity contribution in [1.29, 1.82) is 0 Å². The van der Waals surface area contributed by atoms with Crippen LogP contribution in [0, 0.1) is 5.41 Å². The van der Waals surface area contributed by atoms with Crippen LogP contribution < -0.4 is 0 Å². The molecule has 2 rings (SSSR count). The fraction of sp³-hybridized carbons (Fsp3) is 0.571. The first-order chi connectivity index (χ1) is 9.07. The number of methoxy groups -OCH3 is 1. The highest BCUT2D eigenvalue weighted by atomic mass is 35.5. The Morgan fingerprint density at radius 1 is 1.42 bits per heavy atom. The minimum atomic E-state index is 0.113.